The fraction of sp³-hybridized carbons (Fsp3) is 0.435. The normalized spacial score (nSPS) is 15.9. The fourth-order valence-corrected chi connectivity index (χ4v) is 5.93. The molecule has 30 heavy (non-hydrogen) atoms. The maximum absolute atomic E-state index is 13.4. The van der Waals surface area contributed by atoms with Crippen LogP contribution in [0.1, 0.15) is 27.8 Å². The summed E-state index contributed by atoms with van der Waals surface area (Å²) in [5.41, 5.74) is 5.44. The molecule has 0 unspecified atom stereocenters. The lowest BCUT2D eigenvalue weighted by atomic mass is 10.0. The Balaban J connectivity index is 1.66. The molecule has 1 fully saturated rings. The van der Waals surface area contributed by atoms with Crippen molar-refractivity contribution in [2.45, 2.75) is 39.5 Å². The van der Waals surface area contributed by atoms with Crippen LogP contribution in [0.2, 0.25) is 0 Å². The Bertz CT molecular complexity index is 1030. The summed E-state index contributed by atoms with van der Waals surface area (Å²) in [6.07, 6.45) is 0. The topological polar surface area (TPSA) is 69.7 Å². The van der Waals surface area contributed by atoms with Crippen LogP contribution in [0.25, 0.3) is 0 Å². The third-order valence-corrected chi connectivity index (χ3v) is 8.19. The van der Waals surface area contributed by atoms with Crippen molar-refractivity contribution in [3.8, 4) is 0 Å². The van der Waals surface area contributed by atoms with Crippen LogP contribution >= 0.6 is 0 Å². The number of nitrogens with zero attached hydrogens (tertiary/aromatic N) is 2. The SMILES string of the molecule is Cc1ccccc1NC(=O)CN1CCN(S(=O)(=O)c2c(C)c(C)cc(C)c2C)CC1. The van der Waals surface area contributed by atoms with Gasteiger partial charge < -0.3 is 5.32 Å². The van der Waals surface area contributed by atoms with E-state index in [0.29, 0.717) is 31.1 Å². The summed E-state index contributed by atoms with van der Waals surface area (Å²) in [7, 11) is -3.57. The number of para-hydroxylation sites is 1. The van der Waals surface area contributed by atoms with Crippen LogP contribution in [-0.2, 0) is 14.8 Å². The van der Waals surface area contributed by atoms with Gasteiger partial charge in [-0.05, 0) is 68.5 Å². The van der Waals surface area contributed by atoms with Crippen molar-refractivity contribution in [1.29, 1.82) is 0 Å². The molecule has 0 atom stereocenters. The Morgan fingerprint density at radius 2 is 1.47 bits per heavy atom. The van der Waals surface area contributed by atoms with Crippen molar-refractivity contribution < 1.29 is 13.2 Å². The minimum Gasteiger partial charge on any atom is -0.325 e. The number of benzene rings is 2. The summed E-state index contributed by atoms with van der Waals surface area (Å²) in [5.74, 6) is -0.0818. The van der Waals surface area contributed by atoms with E-state index >= 15 is 0 Å². The molecule has 0 aromatic heterocycles. The molecule has 1 heterocycles. The number of anilines is 1. The molecule has 1 aliphatic heterocycles. The molecule has 1 N–H and O–H groups in total. The van der Waals surface area contributed by atoms with E-state index in [1.165, 1.54) is 0 Å². The smallest absolute Gasteiger partial charge is 0.243 e. The zero-order chi connectivity index (χ0) is 22.1. The van der Waals surface area contributed by atoms with Gasteiger partial charge in [0.15, 0.2) is 0 Å². The maximum Gasteiger partial charge on any atom is 0.243 e. The highest BCUT2D eigenvalue weighted by molar-refractivity contribution is 7.89. The van der Waals surface area contributed by atoms with Crippen molar-refractivity contribution in [2.24, 2.45) is 0 Å². The number of amides is 1. The molecule has 162 valence electrons. The van der Waals surface area contributed by atoms with Crippen LogP contribution in [0.3, 0.4) is 0 Å². The third-order valence-electron chi connectivity index (χ3n) is 6.01. The first-order valence-electron chi connectivity index (χ1n) is 10.3. The first kappa shape index (κ1) is 22.5. The number of sulfonamides is 1. The number of nitrogens with one attached hydrogen (secondary N) is 1. The Kier molecular flexibility index (Phi) is 6.65. The van der Waals surface area contributed by atoms with Gasteiger partial charge in [0.1, 0.15) is 0 Å². The molecule has 0 saturated carbocycles. The lowest BCUT2D eigenvalue weighted by Crippen LogP contribution is -2.50. The Hall–Kier alpha value is -2.22. The second kappa shape index (κ2) is 8.88. The van der Waals surface area contributed by atoms with E-state index in [1.807, 2.05) is 69.9 Å². The van der Waals surface area contributed by atoms with Crippen LogP contribution in [0.15, 0.2) is 35.2 Å². The number of hydrogen-bond donors (Lipinski definition) is 1. The molecule has 1 saturated heterocycles. The van der Waals surface area contributed by atoms with Gasteiger partial charge in [-0.3, -0.25) is 9.69 Å². The van der Waals surface area contributed by atoms with Crippen molar-refractivity contribution >= 4 is 21.6 Å². The van der Waals surface area contributed by atoms with Crippen LogP contribution < -0.4 is 5.32 Å². The van der Waals surface area contributed by atoms with Gasteiger partial charge in [-0.1, -0.05) is 24.3 Å². The lowest BCUT2D eigenvalue weighted by Gasteiger charge is -2.34. The molecule has 2 aromatic carbocycles. The number of aryl methyl sites for hydroxylation is 3. The van der Waals surface area contributed by atoms with Crippen LogP contribution in [0.4, 0.5) is 5.69 Å². The Labute approximate surface area is 179 Å². The van der Waals surface area contributed by atoms with Gasteiger partial charge >= 0.3 is 0 Å². The Morgan fingerprint density at radius 1 is 0.900 bits per heavy atom. The average molecular weight is 430 g/mol. The highest BCUT2D eigenvalue weighted by Crippen LogP contribution is 2.29. The zero-order valence-corrected chi connectivity index (χ0v) is 19.3. The van der Waals surface area contributed by atoms with Gasteiger partial charge in [0.2, 0.25) is 15.9 Å². The Morgan fingerprint density at radius 3 is 2.03 bits per heavy atom. The molecule has 1 amide bonds. The number of rotatable bonds is 5. The molecule has 1 aliphatic rings. The first-order valence-corrected chi connectivity index (χ1v) is 11.7. The second-order valence-corrected chi connectivity index (χ2v) is 10.0. The van der Waals surface area contributed by atoms with E-state index in [0.717, 1.165) is 33.5 Å². The van der Waals surface area contributed by atoms with E-state index < -0.39 is 10.0 Å². The summed E-state index contributed by atoms with van der Waals surface area (Å²) < 4.78 is 28.3. The fourth-order valence-electron chi connectivity index (χ4n) is 3.93. The number of hydrogen-bond acceptors (Lipinski definition) is 4. The maximum atomic E-state index is 13.4. The van der Waals surface area contributed by atoms with E-state index in [1.54, 1.807) is 4.31 Å². The van der Waals surface area contributed by atoms with Crippen LogP contribution in [0.5, 0.6) is 0 Å². The molecular weight excluding hydrogens is 398 g/mol. The molecular formula is C23H31N3O3S. The van der Waals surface area contributed by atoms with Gasteiger partial charge in [0.25, 0.3) is 0 Å². The molecule has 6 nitrogen and oxygen atoms in total. The van der Waals surface area contributed by atoms with Crippen molar-refractivity contribution in [3.05, 3.63) is 58.1 Å². The van der Waals surface area contributed by atoms with Gasteiger partial charge in [-0.15, -0.1) is 0 Å². The molecule has 0 bridgehead atoms. The predicted molar refractivity (Wildman–Crippen MR) is 120 cm³/mol. The summed E-state index contributed by atoms with van der Waals surface area (Å²) in [5, 5.41) is 2.94. The number of piperazine rings is 1. The van der Waals surface area contributed by atoms with Gasteiger partial charge in [0, 0.05) is 31.9 Å². The highest BCUT2D eigenvalue weighted by atomic mass is 32.2. The van der Waals surface area contributed by atoms with E-state index in [9.17, 15) is 13.2 Å². The monoisotopic (exact) mass is 429 g/mol. The standard InChI is InChI=1S/C23H31N3O3S/c1-16-8-6-7-9-21(16)24-22(27)15-25-10-12-26(13-11-25)30(28,29)23-19(4)17(2)14-18(3)20(23)5/h6-9,14H,10-13,15H2,1-5H3,(H,24,27). The van der Waals surface area contributed by atoms with Crippen molar-refractivity contribution in [3.63, 3.8) is 0 Å². The quantitative estimate of drug-likeness (QED) is 0.793. The number of carbonyl (C=O) groups is 1. The van der Waals surface area contributed by atoms with Crippen molar-refractivity contribution in [2.75, 3.05) is 38.0 Å². The molecule has 0 radical (unpaired) electrons. The summed E-state index contributed by atoms with van der Waals surface area (Å²) in [6.45, 7) is 11.7. The predicted octanol–water partition coefficient (Wildman–Crippen LogP) is 3.17. The average Bonchev–Trinajstić information content (AvgIpc) is 2.68. The molecule has 7 heteroatoms. The molecule has 2 aromatic rings. The first-order chi connectivity index (χ1) is 14.1. The van der Waals surface area contributed by atoms with Gasteiger partial charge in [-0.2, -0.15) is 4.31 Å². The highest BCUT2D eigenvalue weighted by Gasteiger charge is 2.32. The number of carbonyl (C=O) groups excluding carboxylic acids is 1. The second-order valence-electron chi connectivity index (χ2n) is 8.13. The minimum atomic E-state index is -3.57. The minimum absolute atomic E-state index is 0.0818. The summed E-state index contributed by atoms with van der Waals surface area (Å²) in [6, 6.07) is 9.70. The van der Waals surface area contributed by atoms with Crippen molar-refractivity contribution in [1.82, 2.24) is 9.21 Å². The van der Waals surface area contributed by atoms with E-state index in [2.05, 4.69) is 5.32 Å². The molecule has 0 aliphatic carbocycles. The largest absolute Gasteiger partial charge is 0.325 e. The van der Waals surface area contributed by atoms with Crippen LogP contribution in [-0.4, -0.2) is 56.3 Å². The summed E-state index contributed by atoms with van der Waals surface area (Å²) >= 11 is 0. The van der Waals surface area contributed by atoms with Crippen LogP contribution in [0, 0.1) is 34.6 Å². The van der Waals surface area contributed by atoms with Gasteiger partial charge in [0.05, 0.1) is 11.4 Å². The summed E-state index contributed by atoms with van der Waals surface area (Å²) in [4.78, 5) is 14.8. The van der Waals surface area contributed by atoms with E-state index in [4.69, 9.17) is 0 Å². The third kappa shape index (κ3) is 4.58. The zero-order valence-electron chi connectivity index (χ0n) is 18.4. The molecule has 0 spiro atoms. The lowest BCUT2D eigenvalue weighted by molar-refractivity contribution is -0.117. The molecule has 3 rings (SSSR count). The van der Waals surface area contributed by atoms with E-state index in [-0.39, 0.29) is 12.5 Å². The van der Waals surface area contributed by atoms with Gasteiger partial charge in [-0.25, -0.2) is 8.42 Å².